The number of carboxylic acids is 1. The maximum Gasteiger partial charge on any atom is 0.341 e. The summed E-state index contributed by atoms with van der Waals surface area (Å²) in [6.07, 6.45) is 3.62. The van der Waals surface area contributed by atoms with Crippen molar-refractivity contribution >= 4 is 33.9 Å². The van der Waals surface area contributed by atoms with Crippen molar-refractivity contribution < 1.29 is 14.6 Å². The molecule has 0 aliphatic carbocycles. The van der Waals surface area contributed by atoms with E-state index in [2.05, 4.69) is 21.0 Å². The van der Waals surface area contributed by atoms with Crippen LogP contribution in [0.5, 0.6) is 5.75 Å². The molecule has 1 aliphatic heterocycles. The molecule has 3 heterocycles. The second-order valence-electron chi connectivity index (χ2n) is 9.22. The van der Waals surface area contributed by atoms with Gasteiger partial charge in [-0.2, -0.15) is 10.4 Å². The van der Waals surface area contributed by atoms with Crippen LogP contribution in [-0.2, 0) is 18.9 Å². The first-order chi connectivity index (χ1) is 17.7. The largest absolute Gasteiger partial charge is 0.482 e. The summed E-state index contributed by atoms with van der Waals surface area (Å²) in [5, 5.41) is 24.3. The second kappa shape index (κ2) is 9.02. The molecule has 5 rings (SSSR count). The van der Waals surface area contributed by atoms with Crippen molar-refractivity contribution in [2.24, 2.45) is 14.1 Å². The lowest BCUT2D eigenvalue weighted by molar-refractivity contribution is -0.139. The van der Waals surface area contributed by atoms with E-state index in [9.17, 15) is 14.9 Å². The number of carbonyl (C=O) groups is 1. The molecular weight excluding hydrogens is 472 g/mol. The normalized spacial score (nSPS) is 12.9. The van der Waals surface area contributed by atoms with Gasteiger partial charge < -0.3 is 24.2 Å². The van der Waals surface area contributed by atoms with Crippen LogP contribution >= 0.6 is 0 Å². The zero-order chi connectivity index (χ0) is 26.4. The molecule has 10 nitrogen and oxygen atoms in total. The van der Waals surface area contributed by atoms with Crippen LogP contribution in [0.3, 0.4) is 0 Å². The first-order valence-electron chi connectivity index (χ1n) is 11.7. The van der Waals surface area contributed by atoms with E-state index in [0.29, 0.717) is 35.5 Å². The van der Waals surface area contributed by atoms with E-state index >= 15 is 0 Å². The number of aromatic nitrogens is 3. The van der Waals surface area contributed by atoms with E-state index < -0.39 is 12.6 Å². The van der Waals surface area contributed by atoms with E-state index in [1.54, 1.807) is 41.5 Å². The number of hydrogen-bond acceptors (Lipinski definition) is 7. The number of hydrogen-bond donors (Lipinski definition) is 1. The van der Waals surface area contributed by atoms with Gasteiger partial charge in [-0.3, -0.25) is 9.48 Å². The molecule has 0 amide bonds. The fraction of sp³-hybridized carbons (Fsp3) is 0.259. The van der Waals surface area contributed by atoms with E-state index in [0.717, 1.165) is 33.6 Å². The SMILES string of the molecule is Cc1cc2c(N3CCN(C)c4cc(-c5cnn(C)c5)c(C#N)cc43)cc(OCC(=O)O)cc2n(C)c1=O. The fourth-order valence-electron chi connectivity index (χ4n) is 4.86. The summed E-state index contributed by atoms with van der Waals surface area (Å²) in [4.78, 5) is 28.1. The molecule has 10 heteroatoms. The summed E-state index contributed by atoms with van der Waals surface area (Å²) in [5.41, 5.74) is 5.78. The summed E-state index contributed by atoms with van der Waals surface area (Å²) < 4.78 is 8.80. The van der Waals surface area contributed by atoms with Crippen LogP contribution in [0.25, 0.3) is 22.0 Å². The van der Waals surface area contributed by atoms with Gasteiger partial charge in [-0.05, 0) is 25.1 Å². The van der Waals surface area contributed by atoms with Crippen molar-refractivity contribution in [3.05, 3.63) is 64.2 Å². The van der Waals surface area contributed by atoms with Crippen molar-refractivity contribution in [1.29, 1.82) is 5.26 Å². The van der Waals surface area contributed by atoms with Gasteiger partial charge in [-0.15, -0.1) is 0 Å². The van der Waals surface area contributed by atoms with Crippen molar-refractivity contribution in [2.75, 3.05) is 36.5 Å². The summed E-state index contributed by atoms with van der Waals surface area (Å²) in [6, 6.07) is 11.5. The summed E-state index contributed by atoms with van der Waals surface area (Å²) in [6.45, 7) is 2.58. The standard InChI is InChI=1S/C27H26N6O4/c1-16-7-21-22(32(4)27(16)36)9-19(37-15-26(34)35)10-23(21)33-6-5-30(2)24-11-20(17(12-28)8-25(24)33)18-13-29-31(3)14-18/h7-11,13-14H,5-6,15H2,1-4H3,(H,34,35). The van der Waals surface area contributed by atoms with Gasteiger partial charge >= 0.3 is 5.97 Å². The topological polar surface area (TPSA) is 117 Å². The van der Waals surface area contributed by atoms with E-state index in [1.165, 1.54) is 0 Å². The van der Waals surface area contributed by atoms with Crippen LogP contribution in [0, 0.1) is 18.3 Å². The smallest absolute Gasteiger partial charge is 0.341 e. The molecule has 0 saturated carbocycles. The molecule has 0 spiro atoms. The fourth-order valence-corrected chi connectivity index (χ4v) is 4.86. The quantitative estimate of drug-likeness (QED) is 0.446. The Morgan fingerprint density at radius 3 is 2.57 bits per heavy atom. The molecule has 1 N–H and O–H groups in total. The molecule has 37 heavy (non-hydrogen) atoms. The second-order valence-corrected chi connectivity index (χ2v) is 9.22. The van der Waals surface area contributed by atoms with Crippen LogP contribution in [0.2, 0.25) is 0 Å². The Morgan fingerprint density at radius 1 is 1.11 bits per heavy atom. The van der Waals surface area contributed by atoms with E-state index in [1.807, 2.05) is 38.5 Å². The van der Waals surface area contributed by atoms with Crippen molar-refractivity contribution in [3.63, 3.8) is 0 Å². The number of ether oxygens (including phenoxy) is 1. The molecule has 2 aromatic carbocycles. The average Bonchev–Trinajstić information content (AvgIpc) is 3.31. The minimum atomic E-state index is -1.09. The Labute approximate surface area is 213 Å². The zero-order valence-corrected chi connectivity index (χ0v) is 21.0. The van der Waals surface area contributed by atoms with Gasteiger partial charge in [0.05, 0.1) is 40.4 Å². The molecule has 0 bridgehead atoms. The summed E-state index contributed by atoms with van der Waals surface area (Å²) >= 11 is 0. The highest BCUT2D eigenvalue weighted by molar-refractivity contribution is 5.98. The predicted molar refractivity (Wildman–Crippen MR) is 141 cm³/mol. The number of carboxylic acid groups (broad SMARTS) is 1. The zero-order valence-electron chi connectivity index (χ0n) is 21.0. The van der Waals surface area contributed by atoms with Crippen LogP contribution in [0.1, 0.15) is 11.1 Å². The van der Waals surface area contributed by atoms with Gasteiger partial charge in [0.2, 0.25) is 0 Å². The number of anilines is 3. The van der Waals surface area contributed by atoms with Gasteiger partial charge in [0.25, 0.3) is 5.56 Å². The number of aryl methyl sites for hydroxylation is 3. The Morgan fingerprint density at radius 2 is 1.89 bits per heavy atom. The van der Waals surface area contributed by atoms with Crippen LogP contribution in [0.4, 0.5) is 17.1 Å². The van der Waals surface area contributed by atoms with Gasteiger partial charge in [0.1, 0.15) is 5.75 Å². The lowest BCUT2D eigenvalue weighted by Crippen LogP contribution is -2.37. The molecular formula is C27H26N6O4. The minimum absolute atomic E-state index is 0.138. The van der Waals surface area contributed by atoms with Gasteiger partial charge in [0, 0.05) is 74.6 Å². The highest BCUT2D eigenvalue weighted by atomic mass is 16.5. The molecule has 2 aromatic heterocycles. The molecule has 0 unspecified atom stereocenters. The Hall–Kier alpha value is -4.78. The lowest BCUT2D eigenvalue weighted by atomic mass is 9.98. The van der Waals surface area contributed by atoms with Crippen molar-refractivity contribution in [3.8, 4) is 22.9 Å². The maximum absolute atomic E-state index is 12.7. The Bertz CT molecular complexity index is 1660. The molecule has 4 aromatic rings. The number of fused-ring (bicyclic) bond motifs is 2. The molecule has 188 valence electrons. The summed E-state index contributed by atoms with van der Waals surface area (Å²) in [5.74, 6) is -0.748. The minimum Gasteiger partial charge on any atom is -0.482 e. The molecule has 0 atom stereocenters. The highest BCUT2D eigenvalue weighted by Gasteiger charge is 2.27. The Kier molecular flexibility index (Phi) is 5.84. The number of nitrogens with zero attached hydrogens (tertiary/aromatic N) is 6. The monoisotopic (exact) mass is 498 g/mol. The highest BCUT2D eigenvalue weighted by Crippen LogP contribution is 2.44. The van der Waals surface area contributed by atoms with Gasteiger partial charge in [0.15, 0.2) is 6.61 Å². The molecule has 0 saturated heterocycles. The predicted octanol–water partition coefficient (Wildman–Crippen LogP) is 3.17. The third-order valence-corrected chi connectivity index (χ3v) is 6.74. The van der Waals surface area contributed by atoms with Crippen LogP contribution in [-0.4, -0.2) is 52.2 Å². The number of aliphatic carboxylic acids is 1. The number of benzene rings is 2. The number of rotatable bonds is 5. The van der Waals surface area contributed by atoms with Crippen molar-refractivity contribution in [1.82, 2.24) is 14.3 Å². The van der Waals surface area contributed by atoms with Crippen LogP contribution in [0.15, 0.2) is 47.5 Å². The first-order valence-corrected chi connectivity index (χ1v) is 11.7. The van der Waals surface area contributed by atoms with Crippen LogP contribution < -0.4 is 20.1 Å². The number of nitriles is 1. The van der Waals surface area contributed by atoms with Gasteiger partial charge in [-0.1, -0.05) is 0 Å². The summed E-state index contributed by atoms with van der Waals surface area (Å²) in [7, 11) is 5.53. The molecule has 1 aliphatic rings. The van der Waals surface area contributed by atoms with E-state index in [-0.39, 0.29) is 5.56 Å². The third kappa shape index (κ3) is 4.14. The van der Waals surface area contributed by atoms with E-state index in [4.69, 9.17) is 9.84 Å². The third-order valence-electron chi connectivity index (χ3n) is 6.74. The first kappa shape index (κ1) is 23.9. The Balaban J connectivity index is 1.75. The average molecular weight is 499 g/mol. The van der Waals surface area contributed by atoms with Crippen molar-refractivity contribution in [2.45, 2.75) is 6.92 Å². The number of pyridine rings is 1. The maximum atomic E-state index is 12.7. The molecule has 0 radical (unpaired) electrons. The number of likely N-dealkylation sites (N-methyl/N-ethyl adjacent to an activating group) is 1. The molecule has 0 fully saturated rings. The van der Waals surface area contributed by atoms with Gasteiger partial charge in [-0.25, -0.2) is 4.79 Å². The lowest BCUT2D eigenvalue weighted by Gasteiger charge is -2.38.